The van der Waals surface area contributed by atoms with Crippen molar-refractivity contribution in [3.05, 3.63) is 59.8 Å². The van der Waals surface area contributed by atoms with Crippen molar-refractivity contribution in [3.8, 4) is 23.2 Å². The van der Waals surface area contributed by atoms with Gasteiger partial charge >= 0.3 is 12.0 Å². The minimum atomic E-state index is -0.955. The second kappa shape index (κ2) is 11.3. The van der Waals surface area contributed by atoms with Crippen molar-refractivity contribution in [2.75, 3.05) is 39.5 Å². The Morgan fingerprint density at radius 1 is 1.08 bits per heavy atom. The lowest BCUT2D eigenvalue weighted by Crippen LogP contribution is -2.34. The largest absolute Gasteiger partial charge is 0.468 e. The van der Waals surface area contributed by atoms with Gasteiger partial charge in [0, 0.05) is 13.2 Å². The summed E-state index contributed by atoms with van der Waals surface area (Å²) < 4.78 is 34.2. The number of carbonyl (C=O) groups is 2. The third-order valence-corrected chi connectivity index (χ3v) is 5.30. The van der Waals surface area contributed by atoms with Crippen molar-refractivity contribution < 1.29 is 38.0 Å². The SMILES string of the molecule is COCC(C)(C)OC(=O)c1c(NC(=O)COCc2ccccc2)nc(OC)n1-c1ccc2c(c1)OCO2. The molecule has 1 aromatic heterocycles. The van der Waals surface area contributed by atoms with Crippen LogP contribution in [0.3, 0.4) is 0 Å². The second-order valence-electron chi connectivity index (χ2n) is 8.78. The molecule has 0 bridgehead atoms. The Labute approximate surface area is 214 Å². The Hall–Kier alpha value is -4.09. The Morgan fingerprint density at radius 3 is 2.57 bits per heavy atom. The van der Waals surface area contributed by atoms with Gasteiger partial charge in [-0.1, -0.05) is 30.3 Å². The number of anilines is 1. The van der Waals surface area contributed by atoms with Gasteiger partial charge in [-0.15, -0.1) is 0 Å². The molecule has 0 aliphatic carbocycles. The predicted octanol–water partition coefficient (Wildman–Crippen LogP) is 3.35. The zero-order chi connectivity index (χ0) is 26.4. The van der Waals surface area contributed by atoms with Crippen molar-refractivity contribution in [2.24, 2.45) is 0 Å². The molecule has 0 unspecified atom stereocenters. The summed E-state index contributed by atoms with van der Waals surface area (Å²) >= 11 is 0. The molecule has 1 N–H and O–H groups in total. The molecule has 2 aromatic carbocycles. The summed E-state index contributed by atoms with van der Waals surface area (Å²) in [6.07, 6.45) is 0. The minimum absolute atomic E-state index is 0.0407. The summed E-state index contributed by atoms with van der Waals surface area (Å²) in [5.74, 6) is -0.222. The highest BCUT2D eigenvalue weighted by Gasteiger charge is 2.32. The van der Waals surface area contributed by atoms with Gasteiger partial charge in [0.2, 0.25) is 6.79 Å². The van der Waals surface area contributed by atoms with Crippen LogP contribution >= 0.6 is 0 Å². The molecule has 11 heteroatoms. The highest BCUT2D eigenvalue weighted by atomic mass is 16.7. The molecular weight excluding hydrogens is 482 g/mol. The fraction of sp³-hybridized carbons (Fsp3) is 0.346. The lowest BCUT2D eigenvalue weighted by molar-refractivity contribution is -0.121. The Bertz CT molecular complexity index is 1260. The predicted molar refractivity (Wildman–Crippen MR) is 132 cm³/mol. The number of ether oxygens (including phenoxy) is 6. The first-order valence-electron chi connectivity index (χ1n) is 11.5. The van der Waals surface area contributed by atoms with E-state index in [4.69, 9.17) is 28.4 Å². The number of methoxy groups -OCH3 is 2. The number of nitrogens with one attached hydrogen (secondary N) is 1. The van der Waals surface area contributed by atoms with Crippen LogP contribution < -0.4 is 19.5 Å². The molecule has 0 spiro atoms. The third-order valence-electron chi connectivity index (χ3n) is 5.30. The number of esters is 1. The first-order chi connectivity index (χ1) is 17.8. The molecule has 0 fully saturated rings. The van der Waals surface area contributed by atoms with Gasteiger partial charge in [0.25, 0.3) is 5.91 Å². The lowest BCUT2D eigenvalue weighted by Gasteiger charge is -2.24. The van der Waals surface area contributed by atoms with Gasteiger partial charge in [-0.05, 0) is 31.5 Å². The second-order valence-corrected chi connectivity index (χ2v) is 8.78. The fourth-order valence-electron chi connectivity index (χ4n) is 3.76. The highest BCUT2D eigenvalue weighted by molar-refractivity contribution is 6.00. The molecule has 0 saturated carbocycles. The standard InChI is InChI=1S/C26H29N3O8/c1-26(2,15-32-3)37-24(31)22-23(27-21(30)14-34-13-17-8-6-5-7-9-17)28-25(33-4)29(22)18-10-11-19-20(12-18)36-16-35-19/h5-12H,13-16H2,1-4H3,(H,27,30). The van der Waals surface area contributed by atoms with Crippen LogP contribution in [0.4, 0.5) is 5.82 Å². The Morgan fingerprint density at radius 2 is 1.84 bits per heavy atom. The van der Waals surface area contributed by atoms with Crippen LogP contribution in [0, 0.1) is 0 Å². The lowest BCUT2D eigenvalue weighted by atomic mass is 10.1. The number of aromatic nitrogens is 2. The minimum Gasteiger partial charge on any atom is -0.468 e. The topological polar surface area (TPSA) is 119 Å². The van der Waals surface area contributed by atoms with Crippen molar-refractivity contribution in [2.45, 2.75) is 26.1 Å². The maximum Gasteiger partial charge on any atom is 0.359 e. The van der Waals surface area contributed by atoms with E-state index >= 15 is 0 Å². The number of carbonyl (C=O) groups excluding carboxylic acids is 2. The quantitative estimate of drug-likeness (QED) is 0.387. The number of fused-ring (bicyclic) bond motifs is 1. The molecular formula is C26H29N3O8. The van der Waals surface area contributed by atoms with E-state index in [-0.39, 0.29) is 44.1 Å². The smallest absolute Gasteiger partial charge is 0.359 e. The average Bonchev–Trinajstić information content (AvgIpc) is 3.48. The van der Waals surface area contributed by atoms with Crippen LogP contribution in [0.25, 0.3) is 5.69 Å². The molecule has 1 aliphatic rings. The number of hydrogen-bond acceptors (Lipinski definition) is 9. The Balaban J connectivity index is 1.64. The molecule has 1 amide bonds. The molecule has 4 rings (SSSR count). The van der Waals surface area contributed by atoms with Gasteiger partial charge in [-0.2, -0.15) is 4.98 Å². The van der Waals surface area contributed by atoms with Crippen LogP contribution in [-0.2, 0) is 25.6 Å². The molecule has 196 valence electrons. The van der Waals surface area contributed by atoms with Gasteiger partial charge in [-0.3, -0.25) is 9.36 Å². The van der Waals surface area contributed by atoms with E-state index in [0.717, 1.165) is 5.56 Å². The fourth-order valence-corrected chi connectivity index (χ4v) is 3.76. The number of hydrogen-bond donors (Lipinski definition) is 1. The molecule has 0 saturated heterocycles. The number of nitrogens with zero attached hydrogens (tertiary/aromatic N) is 2. The van der Waals surface area contributed by atoms with Gasteiger partial charge in [0.15, 0.2) is 23.0 Å². The summed E-state index contributed by atoms with van der Waals surface area (Å²) in [5.41, 5.74) is 0.416. The maximum absolute atomic E-state index is 13.5. The molecule has 0 atom stereocenters. The van der Waals surface area contributed by atoms with Crippen molar-refractivity contribution in [3.63, 3.8) is 0 Å². The van der Waals surface area contributed by atoms with E-state index in [9.17, 15) is 9.59 Å². The monoisotopic (exact) mass is 511 g/mol. The van der Waals surface area contributed by atoms with Crippen LogP contribution in [-0.4, -0.2) is 61.3 Å². The first-order valence-corrected chi connectivity index (χ1v) is 11.5. The number of amides is 1. The van der Waals surface area contributed by atoms with Gasteiger partial charge < -0.3 is 33.7 Å². The number of rotatable bonds is 11. The summed E-state index contributed by atoms with van der Waals surface area (Å²) in [5, 5.41) is 2.65. The van der Waals surface area contributed by atoms with E-state index in [1.807, 2.05) is 30.3 Å². The number of imidazole rings is 1. The summed E-state index contributed by atoms with van der Waals surface area (Å²) in [7, 11) is 2.92. The van der Waals surface area contributed by atoms with E-state index in [2.05, 4.69) is 10.3 Å². The molecule has 3 aromatic rings. The average molecular weight is 512 g/mol. The van der Waals surface area contributed by atoms with Crippen molar-refractivity contribution in [1.29, 1.82) is 0 Å². The summed E-state index contributed by atoms with van der Waals surface area (Å²) in [6, 6.07) is 14.6. The van der Waals surface area contributed by atoms with Gasteiger partial charge in [0.1, 0.15) is 12.2 Å². The van der Waals surface area contributed by atoms with E-state index in [1.54, 1.807) is 32.0 Å². The zero-order valence-electron chi connectivity index (χ0n) is 21.1. The number of benzene rings is 2. The van der Waals surface area contributed by atoms with Crippen LogP contribution in [0.5, 0.6) is 17.5 Å². The highest BCUT2D eigenvalue weighted by Crippen LogP contribution is 2.36. The van der Waals surface area contributed by atoms with Crippen molar-refractivity contribution in [1.82, 2.24) is 9.55 Å². The first kappa shape index (κ1) is 26.0. The van der Waals surface area contributed by atoms with E-state index < -0.39 is 17.5 Å². The van der Waals surface area contributed by atoms with Crippen LogP contribution in [0.15, 0.2) is 48.5 Å². The molecule has 11 nitrogen and oxygen atoms in total. The van der Waals surface area contributed by atoms with Crippen LogP contribution in [0.1, 0.15) is 29.9 Å². The maximum atomic E-state index is 13.5. The molecule has 1 aliphatic heterocycles. The van der Waals surface area contributed by atoms with Crippen LogP contribution in [0.2, 0.25) is 0 Å². The third kappa shape index (κ3) is 6.19. The molecule has 37 heavy (non-hydrogen) atoms. The Kier molecular flexibility index (Phi) is 7.95. The molecule has 2 heterocycles. The van der Waals surface area contributed by atoms with Gasteiger partial charge in [0.05, 0.1) is 26.0 Å². The van der Waals surface area contributed by atoms with Crippen molar-refractivity contribution >= 4 is 17.7 Å². The van der Waals surface area contributed by atoms with E-state index in [0.29, 0.717) is 17.2 Å². The summed E-state index contributed by atoms with van der Waals surface area (Å²) in [6.45, 7) is 3.67. The van der Waals surface area contributed by atoms with E-state index in [1.165, 1.54) is 18.8 Å². The summed E-state index contributed by atoms with van der Waals surface area (Å²) in [4.78, 5) is 30.5. The van der Waals surface area contributed by atoms with Gasteiger partial charge in [-0.25, -0.2) is 4.79 Å². The molecule has 0 radical (unpaired) electrons. The zero-order valence-corrected chi connectivity index (χ0v) is 21.1. The normalized spacial score (nSPS) is 12.3.